The zero-order valence-electron chi connectivity index (χ0n) is 15.3. The minimum atomic E-state index is -0.0987. The van der Waals surface area contributed by atoms with Gasteiger partial charge in [-0.3, -0.25) is 4.79 Å². The first-order chi connectivity index (χ1) is 12.6. The molecule has 0 amide bonds. The lowest BCUT2D eigenvalue weighted by Crippen LogP contribution is -2.04. The van der Waals surface area contributed by atoms with Crippen LogP contribution in [0, 0.1) is 0 Å². The number of hydrogen-bond acceptors (Lipinski definition) is 4. The summed E-state index contributed by atoms with van der Waals surface area (Å²) < 4.78 is 16.0. The van der Waals surface area contributed by atoms with Gasteiger partial charge in [-0.15, -0.1) is 0 Å². The molecule has 0 fully saturated rings. The maximum atomic E-state index is 12.9. The molecule has 1 heterocycles. The molecule has 1 N–H and O–H groups in total. The van der Waals surface area contributed by atoms with E-state index in [1.165, 1.54) is 21.3 Å². The van der Waals surface area contributed by atoms with Gasteiger partial charge in [0, 0.05) is 17.3 Å². The van der Waals surface area contributed by atoms with Crippen molar-refractivity contribution < 1.29 is 19.0 Å². The Balaban J connectivity index is 1.97. The number of methoxy groups -OCH3 is 3. The Morgan fingerprint density at radius 2 is 1.65 bits per heavy atom. The Labute approximate surface area is 152 Å². The molecule has 3 aromatic rings. The highest BCUT2D eigenvalue weighted by molar-refractivity contribution is 6.11. The average molecular weight is 351 g/mol. The van der Waals surface area contributed by atoms with Crippen molar-refractivity contribution in [3.8, 4) is 17.2 Å². The molecule has 2 aromatic carbocycles. The summed E-state index contributed by atoms with van der Waals surface area (Å²) in [6, 6.07) is 11.3. The minimum Gasteiger partial charge on any atom is -0.493 e. The molecule has 26 heavy (non-hydrogen) atoms. The van der Waals surface area contributed by atoms with Crippen molar-refractivity contribution in [1.82, 2.24) is 4.98 Å². The van der Waals surface area contributed by atoms with Crippen molar-refractivity contribution in [3.05, 3.63) is 59.3 Å². The van der Waals surface area contributed by atoms with Crippen LogP contribution in [-0.4, -0.2) is 32.1 Å². The number of carbonyl (C=O) groups excluding carboxylic acids is 1. The second-order valence-electron chi connectivity index (χ2n) is 5.89. The molecule has 0 aliphatic rings. The Hall–Kier alpha value is -3.21. The predicted octanol–water partition coefficient (Wildman–Crippen LogP) is 4.48. The number of ether oxygens (including phenoxy) is 3. The number of aromatic nitrogens is 1. The fraction of sp³-hybridized carbons (Fsp3) is 0.190. The number of rotatable bonds is 6. The fourth-order valence-electron chi connectivity index (χ4n) is 2.92. The number of H-pyrrole nitrogens is 1. The summed E-state index contributed by atoms with van der Waals surface area (Å²) in [6.07, 6.45) is 3.77. The van der Waals surface area contributed by atoms with E-state index in [-0.39, 0.29) is 5.78 Å². The third-order valence-corrected chi connectivity index (χ3v) is 4.25. The first kappa shape index (κ1) is 17.6. The molecule has 0 aliphatic carbocycles. The van der Waals surface area contributed by atoms with Gasteiger partial charge in [0.1, 0.15) is 0 Å². The summed E-state index contributed by atoms with van der Waals surface area (Å²) in [7, 11) is 4.59. The van der Waals surface area contributed by atoms with Crippen LogP contribution in [0.2, 0.25) is 0 Å². The lowest BCUT2D eigenvalue weighted by atomic mass is 10.0. The summed E-state index contributed by atoms with van der Waals surface area (Å²) in [6.45, 7) is 1.80. The van der Waals surface area contributed by atoms with Gasteiger partial charge in [0.05, 0.1) is 21.3 Å². The second-order valence-corrected chi connectivity index (χ2v) is 5.89. The van der Waals surface area contributed by atoms with Crippen LogP contribution in [0.5, 0.6) is 17.2 Å². The van der Waals surface area contributed by atoms with Gasteiger partial charge in [0.15, 0.2) is 17.3 Å². The number of benzene rings is 2. The van der Waals surface area contributed by atoms with Crippen molar-refractivity contribution in [2.45, 2.75) is 6.92 Å². The van der Waals surface area contributed by atoms with Crippen molar-refractivity contribution in [1.29, 1.82) is 0 Å². The van der Waals surface area contributed by atoms with Gasteiger partial charge in [-0.25, -0.2) is 0 Å². The molecule has 0 bridgehead atoms. The molecule has 0 aliphatic heterocycles. The van der Waals surface area contributed by atoms with Crippen LogP contribution in [-0.2, 0) is 0 Å². The van der Waals surface area contributed by atoms with Gasteiger partial charge in [-0.2, -0.15) is 0 Å². The van der Waals surface area contributed by atoms with E-state index in [1.807, 2.05) is 36.5 Å². The number of fused-ring (bicyclic) bond motifs is 1. The fourth-order valence-corrected chi connectivity index (χ4v) is 2.92. The van der Waals surface area contributed by atoms with Crippen LogP contribution in [0.4, 0.5) is 0 Å². The number of nitrogens with one attached hydrogen (secondary N) is 1. The zero-order chi connectivity index (χ0) is 18.7. The topological polar surface area (TPSA) is 60.6 Å². The third-order valence-electron chi connectivity index (χ3n) is 4.25. The van der Waals surface area contributed by atoms with Crippen LogP contribution in [0.25, 0.3) is 17.0 Å². The molecular formula is C21H21NO4. The van der Waals surface area contributed by atoms with Crippen LogP contribution in [0.1, 0.15) is 22.8 Å². The van der Waals surface area contributed by atoms with Crippen molar-refractivity contribution in [3.63, 3.8) is 0 Å². The lowest BCUT2D eigenvalue weighted by Gasteiger charge is -2.13. The van der Waals surface area contributed by atoms with E-state index in [4.69, 9.17) is 14.2 Å². The van der Waals surface area contributed by atoms with E-state index in [0.717, 1.165) is 16.5 Å². The number of allylic oxidation sites excluding steroid dienone is 1. The molecule has 1 aromatic heterocycles. The SMILES string of the molecule is COc1cc(C(=O)/C(C)=C/c2ccc3[nH]ccc3c2)cc(OC)c1OC. The number of hydrogen-bond donors (Lipinski definition) is 1. The normalized spacial score (nSPS) is 11.5. The highest BCUT2D eigenvalue weighted by Gasteiger charge is 2.17. The number of aromatic amines is 1. The quantitative estimate of drug-likeness (QED) is 0.525. The van der Waals surface area contributed by atoms with E-state index in [9.17, 15) is 4.79 Å². The highest BCUT2D eigenvalue weighted by Crippen LogP contribution is 2.38. The summed E-state index contributed by atoms with van der Waals surface area (Å²) in [5.41, 5.74) is 3.14. The molecule has 3 rings (SSSR count). The first-order valence-corrected chi connectivity index (χ1v) is 8.17. The molecule has 134 valence electrons. The minimum absolute atomic E-state index is 0.0987. The van der Waals surface area contributed by atoms with Crippen molar-refractivity contribution in [2.24, 2.45) is 0 Å². The van der Waals surface area contributed by atoms with Gasteiger partial charge in [-0.05, 0) is 59.9 Å². The predicted molar refractivity (Wildman–Crippen MR) is 102 cm³/mol. The molecule has 0 saturated carbocycles. The summed E-state index contributed by atoms with van der Waals surface area (Å²) in [4.78, 5) is 16.0. The van der Waals surface area contributed by atoms with E-state index in [1.54, 1.807) is 19.1 Å². The van der Waals surface area contributed by atoms with Gasteiger partial charge in [0.25, 0.3) is 0 Å². The third kappa shape index (κ3) is 3.28. The molecule has 5 nitrogen and oxygen atoms in total. The Morgan fingerprint density at radius 3 is 2.27 bits per heavy atom. The second kappa shape index (κ2) is 7.35. The highest BCUT2D eigenvalue weighted by atomic mass is 16.5. The Morgan fingerprint density at radius 1 is 0.962 bits per heavy atom. The van der Waals surface area contributed by atoms with Gasteiger partial charge >= 0.3 is 0 Å². The molecular weight excluding hydrogens is 330 g/mol. The number of carbonyl (C=O) groups is 1. The molecule has 5 heteroatoms. The Bertz CT molecular complexity index is 960. The molecule has 0 atom stereocenters. The largest absolute Gasteiger partial charge is 0.493 e. The summed E-state index contributed by atoms with van der Waals surface area (Å²) in [5, 5.41) is 1.10. The summed E-state index contributed by atoms with van der Waals surface area (Å²) >= 11 is 0. The average Bonchev–Trinajstić information content (AvgIpc) is 3.13. The van der Waals surface area contributed by atoms with Crippen LogP contribution >= 0.6 is 0 Å². The molecule has 0 saturated heterocycles. The Kier molecular flexibility index (Phi) is 4.98. The maximum absolute atomic E-state index is 12.9. The van der Waals surface area contributed by atoms with Crippen LogP contribution in [0.15, 0.2) is 48.2 Å². The van der Waals surface area contributed by atoms with Gasteiger partial charge in [0.2, 0.25) is 5.75 Å². The monoisotopic (exact) mass is 351 g/mol. The van der Waals surface area contributed by atoms with E-state index in [2.05, 4.69) is 4.98 Å². The van der Waals surface area contributed by atoms with Crippen LogP contribution < -0.4 is 14.2 Å². The van der Waals surface area contributed by atoms with Crippen LogP contribution in [0.3, 0.4) is 0 Å². The molecule has 0 radical (unpaired) electrons. The van der Waals surface area contributed by atoms with Crippen molar-refractivity contribution >= 4 is 22.8 Å². The molecule has 0 spiro atoms. The standard InChI is InChI=1S/C21H21NO4/c1-13(9-14-5-6-17-15(10-14)7-8-22-17)20(23)16-11-18(24-2)21(26-4)19(12-16)25-3/h5-12,22H,1-4H3/b13-9+. The zero-order valence-corrected chi connectivity index (χ0v) is 15.3. The van der Waals surface area contributed by atoms with Gasteiger partial charge in [-0.1, -0.05) is 6.07 Å². The maximum Gasteiger partial charge on any atom is 0.203 e. The smallest absolute Gasteiger partial charge is 0.203 e. The van der Waals surface area contributed by atoms with Gasteiger partial charge < -0.3 is 19.2 Å². The number of Topliss-reactive ketones (excluding diaryl/α,β-unsaturated/α-hetero) is 1. The lowest BCUT2D eigenvalue weighted by molar-refractivity contribution is 0.103. The van der Waals surface area contributed by atoms with E-state index in [0.29, 0.717) is 28.4 Å². The summed E-state index contributed by atoms with van der Waals surface area (Å²) in [5.74, 6) is 1.28. The van der Waals surface area contributed by atoms with E-state index < -0.39 is 0 Å². The molecule has 0 unspecified atom stereocenters. The number of ketones is 1. The van der Waals surface area contributed by atoms with E-state index >= 15 is 0 Å². The van der Waals surface area contributed by atoms with Crippen molar-refractivity contribution in [2.75, 3.05) is 21.3 Å². The first-order valence-electron chi connectivity index (χ1n) is 8.17.